The highest BCUT2D eigenvalue weighted by molar-refractivity contribution is 9.10. The molecule has 134 valence electrons. The molecular formula is C20H20BrN3O2. The lowest BCUT2D eigenvalue weighted by Gasteiger charge is -2.32. The predicted octanol–water partition coefficient (Wildman–Crippen LogP) is 4.04. The normalized spacial score (nSPS) is 15.3. The van der Waals surface area contributed by atoms with Crippen LogP contribution in [0, 0.1) is 0 Å². The first-order valence-electron chi connectivity index (χ1n) is 8.77. The van der Waals surface area contributed by atoms with Gasteiger partial charge in [0.2, 0.25) is 0 Å². The molecule has 2 heterocycles. The molecule has 1 aliphatic heterocycles. The number of ether oxygens (including phenoxy) is 1. The molecule has 0 saturated carbocycles. The van der Waals surface area contributed by atoms with E-state index in [4.69, 9.17) is 4.74 Å². The maximum Gasteiger partial charge on any atom is 0.260 e. The van der Waals surface area contributed by atoms with Crippen molar-refractivity contribution in [3.05, 3.63) is 59.6 Å². The topological polar surface area (TPSA) is 47.4 Å². The van der Waals surface area contributed by atoms with Gasteiger partial charge in [0.1, 0.15) is 5.75 Å². The number of piperidine rings is 1. The molecule has 0 aliphatic carbocycles. The Hall–Kier alpha value is -2.34. The van der Waals surface area contributed by atoms with Crippen LogP contribution in [0.5, 0.6) is 5.75 Å². The summed E-state index contributed by atoms with van der Waals surface area (Å²) in [5, 5.41) is 2.22. The van der Waals surface area contributed by atoms with Gasteiger partial charge in [0.25, 0.3) is 5.91 Å². The minimum absolute atomic E-state index is 0.0362. The van der Waals surface area contributed by atoms with E-state index in [1.807, 2.05) is 47.8 Å². The van der Waals surface area contributed by atoms with Gasteiger partial charge in [-0.3, -0.25) is 4.79 Å². The monoisotopic (exact) mass is 413 g/mol. The highest BCUT2D eigenvalue weighted by Crippen LogP contribution is 2.33. The van der Waals surface area contributed by atoms with Crippen molar-refractivity contribution in [2.24, 2.45) is 0 Å². The zero-order valence-electron chi connectivity index (χ0n) is 14.3. The van der Waals surface area contributed by atoms with E-state index < -0.39 is 0 Å². The molecule has 26 heavy (non-hydrogen) atoms. The first-order chi connectivity index (χ1) is 12.7. The second-order valence-corrected chi connectivity index (χ2v) is 7.30. The van der Waals surface area contributed by atoms with Gasteiger partial charge in [0.15, 0.2) is 6.61 Å². The van der Waals surface area contributed by atoms with Gasteiger partial charge in [-0.2, -0.15) is 0 Å². The molecule has 1 fully saturated rings. The number of likely N-dealkylation sites (tertiary alicyclic amines) is 1. The number of hydrogen-bond donors (Lipinski definition) is 0. The molecule has 0 unspecified atom stereocenters. The highest BCUT2D eigenvalue weighted by Gasteiger charge is 2.24. The number of halogens is 1. The molecule has 1 saturated heterocycles. The van der Waals surface area contributed by atoms with Crippen LogP contribution >= 0.6 is 15.9 Å². The largest absolute Gasteiger partial charge is 0.483 e. The van der Waals surface area contributed by atoms with Crippen molar-refractivity contribution < 1.29 is 9.53 Å². The zero-order valence-corrected chi connectivity index (χ0v) is 15.9. The molecule has 5 nitrogen and oxygen atoms in total. The molecule has 1 aliphatic rings. The van der Waals surface area contributed by atoms with Gasteiger partial charge in [-0.1, -0.05) is 30.3 Å². The number of fused-ring (bicyclic) bond motifs is 1. The third-order valence-electron chi connectivity index (χ3n) is 4.94. The van der Waals surface area contributed by atoms with E-state index in [1.165, 1.54) is 0 Å². The molecule has 0 N–H and O–H groups in total. The van der Waals surface area contributed by atoms with Crippen LogP contribution in [0.4, 0.5) is 0 Å². The third-order valence-corrected chi connectivity index (χ3v) is 5.76. The quantitative estimate of drug-likeness (QED) is 0.648. The molecular weight excluding hydrogens is 394 g/mol. The number of hydrogen-bond acceptors (Lipinski definition) is 3. The van der Waals surface area contributed by atoms with Crippen LogP contribution in [0.15, 0.2) is 59.6 Å². The molecule has 0 bridgehead atoms. The van der Waals surface area contributed by atoms with Crippen LogP contribution in [0.3, 0.4) is 0 Å². The van der Waals surface area contributed by atoms with Crippen molar-refractivity contribution in [1.29, 1.82) is 0 Å². The smallest absolute Gasteiger partial charge is 0.260 e. The summed E-state index contributed by atoms with van der Waals surface area (Å²) in [4.78, 5) is 18.5. The molecule has 0 radical (unpaired) electrons. The minimum atomic E-state index is 0.0362. The highest BCUT2D eigenvalue weighted by atomic mass is 79.9. The summed E-state index contributed by atoms with van der Waals surface area (Å²) in [6, 6.07) is 12.4. The molecule has 0 atom stereocenters. The van der Waals surface area contributed by atoms with Crippen molar-refractivity contribution >= 4 is 32.6 Å². The van der Waals surface area contributed by atoms with E-state index in [2.05, 4.69) is 31.5 Å². The van der Waals surface area contributed by atoms with Crippen LogP contribution < -0.4 is 4.74 Å². The Labute approximate surface area is 160 Å². The van der Waals surface area contributed by atoms with Crippen molar-refractivity contribution in [1.82, 2.24) is 14.5 Å². The molecule has 1 amide bonds. The van der Waals surface area contributed by atoms with Crippen molar-refractivity contribution in [3.63, 3.8) is 0 Å². The van der Waals surface area contributed by atoms with Gasteiger partial charge in [-0.05, 0) is 45.6 Å². The summed E-state index contributed by atoms with van der Waals surface area (Å²) in [5.74, 6) is 0.736. The number of imidazole rings is 1. The fourth-order valence-electron chi connectivity index (χ4n) is 3.45. The van der Waals surface area contributed by atoms with Crippen molar-refractivity contribution in [2.45, 2.75) is 18.9 Å². The molecule has 0 spiro atoms. The van der Waals surface area contributed by atoms with E-state index in [-0.39, 0.29) is 12.5 Å². The third kappa shape index (κ3) is 3.46. The Morgan fingerprint density at radius 2 is 2.00 bits per heavy atom. The van der Waals surface area contributed by atoms with Crippen LogP contribution in [0.25, 0.3) is 10.8 Å². The number of carbonyl (C=O) groups is 1. The van der Waals surface area contributed by atoms with E-state index >= 15 is 0 Å². The van der Waals surface area contributed by atoms with Crippen LogP contribution in [0.1, 0.15) is 18.9 Å². The van der Waals surface area contributed by atoms with Crippen LogP contribution in [-0.4, -0.2) is 40.1 Å². The average molecular weight is 414 g/mol. The molecule has 1 aromatic heterocycles. The molecule has 4 rings (SSSR count). The summed E-state index contributed by atoms with van der Waals surface area (Å²) < 4.78 is 8.83. The van der Waals surface area contributed by atoms with E-state index in [0.717, 1.165) is 41.2 Å². The van der Waals surface area contributed by atoms with E-state index in [1.54, 1.807) is 6.20 Å². The first kappa shape index (κ1) is 17.1. The van der Waals surface area contributed by atoms with Crippen LogP contribution in [0.2, 0.25) is 0 Å². The lowest BCUT2D eigenvalue weighted by atomic mass is 10.1. The number of nitrogens with zero attached hydrogens (tertiary/aromatic N) is 3. The standard InChI is InChI=1S/C20H20BrN3O2/c21-20-17-4-2-1-3-15(17)5-6-18(20)26-13-19(25)23-10-7-16(8-11-23)24-12-9-22-14-24/h1-6,9,12,14,16H,7-8,10-11,13H2. The Morgan fingerprint density at radius 3 is 2.77 bits per heavy atom. The van der Waals surface area contributed by atoms with E-state index in [9.17, 15) is 4.79 Å². The van der Waals surface area contributed by atoms with E-state index in [0.29, 0.717) is 11.8 Å². The van der Waals surface area contributed by atoms with Gasteiger partial charge < -0.3 is 14.2 Å². The fraction of sp³-hybridized carbons (Fsp3) is 0.300. The summed E-state index contributed by atoms with van der Waals surface area (Å²) in [6.07, 6.45) is 7.53. The molecule has 3 aromatic rings. The predicted molar refractivity (Wildman–Crippen MR) is 104 cm³/mol. The number of benzene rings is 2. The second-order valence-electron chi connectivity index (χ2n) is 6.51. The zero-order chi connectivity index (χ0) is 17.9. The van der Waals surface area contributed by atoms with Crippen molar-refractivity contribution in [2.75, 3.05) is 19.7 Å². The maximum atomic E-state index is 12.5. The van der Waals surface area contributed by atoms with Gasteiger partial charge in [-0.15, -0.1) is 0 Å². The number of rotatable bonds is 4. The number of aromatic nitrogens is 2. The molecule has 6 heteroatoms. The maximum absolute atomic E-state index is 12.5. The average Bonchev–Trinajstić information content (AvgIpc) is 3.22. The second kappa shape index (κ2) is 7.50. The summed E-state index contributed by atoms with van der Waals surface area (Å²) in [5.41, 5.74) is 0. The number of carbonyl (C=O) groups excluding carboxylic acids is 1. The van der Waals surface area contributed by atoms with Gasteiger partial charge >= 0.3 is 0 Å². The summed E-state index contributed by atoms with van der Waals surface area (Å²) in [6.45, 7) is 1.57. The lowest BCUT2D eigenvalue weighted by molar-refractivity contribution is -0.134. The summed E-state index contributed by atoms with van der Waals surface area (Å²) >= 11 is 3.60. The SMILES string of the molecule is O=C(COc1ccc2ccccc2c1Br)N1CCC(n2ccnc2)CC1. The lowest BCUT2D eigenvalue weighted by Crippen LogP contribution is -2.41. The van der Waals surface area contributed by atoms with Gasteiger partial charge in [0.05, 0.1) is 10.8 Å². The Kier molecular flexibility index (Phi) is 4.93. The van der Waals surface area contributed by atoms with Crippen molar-refractivity contribution in [3.8, 4) is 5.75 Å². The first-order valence-corrected chi connectivity index (χ1v) is 9.57. The number of amides is 1. The molecule has 2 aromatic carbocycles. The van der Waals surface area contributed by atoms with Gasteiger partial charge in [0, 0.05) is 31.5 Å². The van der Waals surface area contributed by atoms with Crippen LogP contribution in [-0.2, 0) is 4.79 Å². The fourth-order valence-corrected chi connectivity index (χ4v) is 4.06. The Balaban J connectivity index is 1.35. The minimum Gasteiger partial charge on any atom is -0.483 e. The van der Waals surface area contributed by atoms with Gasteiger partial charge in [-0.25, -0.2) is 4.98 Å². The Morgan fingerprint density at radius 1 is 1.19 bits per heavy atom. The summed E-state index contributed by atoms with van der Waals surface area (Å²) in [7, 11) is 0. The Bertz CT molecular complexity index is 903.